The molecule has 0 fully saturated rings. The first-order valence-electron chi connectivity index (χ1n) is 9.04. The smallest absolute Gasteiger partial charge is 0.255 e. The van der Waals surface area contributed by atoms with Gasteiger partial charge in [-0.3, -0.25) is 4.79 Å². The quantitative estimate of drug-likeness (QED) is 0.621. The van der Waals surface area contributed by atoms with Gasteiger partial charge in [-0.2, -0.15) is 0 Å². The van der Waals surface area contributed by atoms with E-state index in [0.29, 0.717) is 44.3 Å². The molecule has 2 aromatic carbocycles. The molecule has 0 saturated carbocycles. The van der Waals surface area contributed by atoms with E-state index in [0.717, 1.165) is 17.7 Å². The van der Waals surface area contributed by atoms with Crippen molar-refractivity contribution in [3.8, 4) is 11.5 Å². The van der Waals surface area contributed by atoms with Gasteiger partial charge in [0.05, 0.1) is 18.8 Å². The zero-order chi connectivity index (χ0) is 18.6. The summed E-state index contributed by atoms with van der Waals surface area (Å²) in [6.45, 7) is 6.66. The van der Waals surface area contributed by atoms with Crippen LogP contribution in [0.3, 0.4) is 0 Å². The van der Waals surface area contributed by atoms with Gasteiger partial charge in [0.1, 0.15) is 18.1 Å². The van der Waals surface area contributed by atoms with Crippen molar-refractivity contribution >= 4 is 5.91 Å². The molecule has 0 bridgehead atoms. The molecule has 0 atom stereocenters. The van der Waals surface area contributed by atoms with Crippen molar-refractivity contribution in [2.24, 2.45) is 0 Å². The first kappa shape index (κ1) is 19.8. The molecule has 5 heteroatoms. The highest BCUT2D eigenvalue weighted by Crippen LogP contribution is 2.18. The number of hydrogen-bond donors (Lipinski definition) is 1. The third-order valence-electron chi connectivity index (χ3n) is 3.65. The first-order valence-corrected chi connectivity index (χ1v) is 9.04. The molecule has 0 saturated heterocycles. The lowest BCUT2D eigenvalue weighted by Crippen LogP contribution is -2.23. The lowest BCUT2D eigenvalue weighted by Gasteiger charge is -2.12. The van der Waals surface area contributed by atoms with E-state index in [1.54, 1.807) is 12.1 Å². The highest BCUT2D eigenvalue weighted by atomic mass is 16.5. The van der Waals surface area contributed by atoms with Crippen LogP contribution in [0.5, 0.6) is 11.5 Å². The number of rotatable bonds is 11. The lowest BCUT2D eigenvalue weighted by atomic mass is 10.1. The first-order chi connectivity index (χ1) is 12.7. The molecule has 0 aromatic heterocycles. The summed E-state index contributed by atoms with van der Waals surface area (Å²) in [5.74, 6) is 1.21. The zero-order valence-electron chi connectivity index (χ0n) is 15.5. The average Bonchev–Trinajstić information content (AvgIpc) is 2.68. The predicted octanol–water partition coefficient (Wildman–Crippen LogP) is 3.82. The van der Waals surface area contributed by atoms with Crippen LogP contribution in [0, 0.1) is 0 Å². The van der Waals surface area contributed by atoms with E-state index >= 15 is 0 Å². The van der Waals surface area contributed by atoms with Crippen molar-refractivity contribution in [1.82, 2.24) is 5.32 Å². The Balaban J connectivity index is 1.93. The van der Waals surface area contributed by atoms with Gasteiger partial charge in [0.2, 0.25) is 0 Å². The Morgan fingerprint density at radius 3 is 2.62 bits per heavy atom. The fraction of sp³-hybridized carbons (Fsp3) is 0.381. The number of ether oxygens (including phenoxy) is 3. The maximum atomic E-state index is 12.5. The molecule has 0 aliphatic heterocycles. The van der Waals surface area contributed by atoms with Crippen molar-refractivity contribution in [3.63, 3.8) is 0 Å². The number of amides is 1. The molecular weight excluding hydrogens is 330 g/mol. The highest BCUT2D eigenvalue weighted by Gasteiger charge is 2.12. The third kappa shape index (κ3) is 6.41. The van der Waals surface area contributed by atoms with Gasteiger partial charge in [0.15, 0.2) is 0 Å². The molecule has 1 N–H and O–H groups in total. The molecule has 0 heterocycles. The minimum atomic E-state index is -0.170. The summed E-state index contributed by atoms with van der Waals surface area (Å²) in [5, 5.41) is 2.93. The number of carbonyl (C=O) groups is 1. The summed E-state index contributed by atoms with van der Waals surface area (Å²) in [4.78, 5) is 12.5. The zero-order valence-corrected chi connectivity index (χ0v) is 15.5. The van der Waals surface area contributed by atoms with Crippen LogP contribution in [0.4, 0.5) is 0 Å². The fourth-order valence-corrected chi connectivity index (χ4v) is 2.38. The number of carbonyl (C=O) groups excluding carboxylic acids is 1. The maximum absolute atomic E-state index is 12.5. The summed E-state index contributed by atoms with van der Waals surface area (Å²) < 4.78 is 16.6. The fourth-order valence-electron chi connectivity index (χ4n) is 2.38. The van der Waals surface area contributed by atoms with Crippen LogP contribution in [0.1, 0.15) is 36.2 Å². The maximum Gasteiger partial charge on any atom is 0.255 e. The molecule has 5 nitrogen and oxygen atoms in total. The Morgan fingerprint density at radius 1 is 0.962 bits per heavy atom. The molecule has 26 heavy (non-hydrogen) atoms. The minimum Gasteiger partial charge on any atom is -0.494 e. The van der Waals surface area contributed by atoms with Crippen molar-refractivity contribution in [2.75, 3.05) is 26.4 Å². The molecule has 0 aliphatic carbocycles. The minimum absolute atomic E-state index is 0.170. The van der Waals surface area contributed by atoms with E-state index in [1.807, 2.05) is 43.3 Å². The Kier molecular flexibility index (Phi) is 8.49. The molecule has 1 amide bonds. The van der Waals surface area contributed by atoms with Crippen molar-refractivity contribution in [3.05, 3.63) is 59.7 Å². The Hall–Kier alpha value is -2.53. The van der Waals surface area contributed by atoms with Crippen LogP contribution in [-0.2, 0) is 11.3 Å². The molecule has 0 spiro atoms. The topological polar surface area (TPSA) is 56.8 Å². The molecular formula is C21H27NO4. The van der Waals surface area contributed by atoms with Gasteiger partial charge >= 0.3 is 0 Å². The van der Waals surface area contributed by atoms with E-state index in [9.17, 15) is 4.79 Å². The van der Waals surface area contributed by atoms with E-state index in [4.69, 9.17) is 14.2 Å². The summed E-state index contributed by atoms with van der Waals surface area (Å²) in [6.07, 6.45) is 0.959. The van der Waals surface area contributed by atoms with Crippen LogP contribution < -0.4 is 14.8 Å². The van der Waals surface area contributed by atoms with Crippen molar-refractivity contribution in [1.29, 1.82) is 0 Å². The Bertz CT molecular complexity index is 687. The number of para-hydroxylation sites is 1. The summed E-state index contributed by atoms with van der Waals surface area (Å²) in [5.41, 5.74) is 1.50. The molecule has 0 aliphatic rings. The standard InChI is InChI=1S/C21H27NO4/c1-3-12-25-18-9-7-8-17(15-18)16-22-21(23)19-10-5-6-11-20(19)26-14-13-24-4-2/h5-11,15H,3-4,12-14,16H2,1-2H3,(H,22,23). The molecule has 2 rings (SSSR count). The molecule has 140 valence electrons. The van der Waals surface area contributed by atoms with Gasteiger partial charge in [-0.25, -0.2) is 0 Å². The lowest BCUT2D eigenvalue weighted by molar-refractivity contribution is 0.0934. The van der Waals surface area contributed by atoms with Crippen LogP contribution in [-0.4, -0.2) is 32.3 Å². The average molecular weight is 357 g/mol. The van der Waals surface area contributed by atoms with E-state index in [2.05, 4.69) is 12.2 Å². The number of nitrogens with one attached hydrogen (secondary N) is 1. The van der Waals surface area contributed by atoms with Crippen LogP contribution in [0.15, 0.2) is 48.5 Å². The SMILES string of the molecule is CCCOc1cccc(CNC(=O)c2ccccc2OCCOCC)c1. The normalized spacial score (nSPS) is 10.4. The second kappa shape index (κ2) is 11.2. The van der Waals surface area contributed by atoms with Gasteiger partial charge in [-0.05, 0) is 43.2 Å². The monoisotopic (exact) mass is 357 g/mol. The second-order valence-corrected chi connectivity index (χ2v) is 5.72. The Morgan fingerprint density at radius 2 is 1.81 bits per heavy atom. The summed E-state index contributed by atoms with van der Waals surface area (Å²) in [6, 6.07) is 15.0. The molecule has 0 radical (unpaired) electrons. The van der Waals surface area contributed by atoms with Gasteiger partial charge in [-0.1, -0.05) is 31.2 Å². The van der Waals surface area contributed by atoms with Crippen LogP contribution in [0.2, 0.25) is 0 Å². The van der Waals surface area contributed by atoms with E-state index < -0.39 is 0 Å². The van der Waals surface area contributed by atoms with Gasteiger partial charge in [0, 0.05) is 13.2 Å². The summed E-state index contributed by atoms with van der Waals surface area (Å²) in [7, 11) is 0. The van der Waals surface area contributed by atoms with Gasteiger partial charge < -0.3 is 19.5 Å². The third-order valence-corrected chi connectivity index (χ3v) is 3.65. The van der Waals surface area contributed by atoms with E-state index in [1.165, 1.54) is 0 Å². The number of hydrogen-bond acceptors (Lipinski definition) is 4. The largest absolute Gasteiger partial charge is 0.494 e. The highest BCUT2D eigenvalue weighted by molar-refractivity contribution is 5.96. The number of benzene rings is 2. The van der Waals surface area contributed by atoms with Crippen LogP contribution in [0.25, 0.3) is 0 Å². The second-order valence-electron chi connectivity index (χ2n) is 5.72. The Labute approximate surface area is 155 Å². The van der Waals surface area contributed by atoms with E-state index in [-0.39, 0.29) is 5.91 Å². The van der Waals surface area contributed by atoms with Crippen LogP contribution >= 0.6 is 0 Å². The van der Waals surface area contributed by atoms with Gasteiger partial charge in [-0.15, -0.1) is 0 Å². The van der Waals surface area contributed by atoms with Crippen molar-refractivity contribution in [2.45, 2.75) is 26.8 Å². The molecule has 0 unspecified atom stereocenters. The predicted molar refractivity (Wildman–Crippen MR) is 102 cm³/mol. The summed E-state index contributed by atoms with van der Waals surface area (Å²) >= 11 is 0. The molecule has 2 aromatic rings. The van der Waals surface area contributed by atoms with Gasteiger partial charge in [0.25, 0.3) is 5.91 Å². The van der Waals surface area contributed by atoms with Crippen molar-refractivity contribution < 1.29 is 19.0 Å².